The minimum absolute atomic E-state index is 0.0294. The second-order valence-corrected chi connectivity index (χ2v) is 8.45. The first kappa shape index (κ1) is 20.7. The minimum Gasteiger partial charge on any atom is -0.376 e. The Labute approximate surface area is 180 Å². The van der Waals surface area contributed by atoms with Crippen molar-refractivity contribution in [3.63, 3.8) is 0 Å². The average molecular weight is 427 g/mol. The molecule has 1 atom stereocenters. The van der Waals surface area contributed by atoms with Crippen LogP contribution in [0.1, 0.15) is 30.4 Å². The summed E-state index contributed by atoms with van der Waals surface area (Å²) in [7, 11) is 0. The maximum Gasteiger partial charge on any atom is 0.227 e. The van der Waals surface area contributed by atoms with E-state index in [1.54, 1.807) is 11.3 Å². The Kier molecular flexibility index (Phi) is 6.88. The first-order chi connectivity index (χ1) is 14.7. The molecule has 0 radical (unpaired) electrons. The minimum atomic E-state index is -0.0294. The number of aromatic nitrogens is 2. The number of carbonyl (C=O) groups is 1. The van der Waals surface area contributed by atoms with Gasteiger partial charge in [0.25, 0.3) is 0 Å². The Morgan fingerprint density at radius 3 is 3.03 bits per heavy atom. The summed E-state index contributed by atoms with van der Waals surface area (Å²) in [6.07, 6.45) is 1.03. The van der Waals surface area contributed by atoms with Crippen molar-refractivity contribution in [3.8, 4) is 10.7 Å². The standard InChI is InChI=1S/C22H26N4O3S/c1-16-14-26(9-10-28-16)15-18-5-2-4-17(12-18)13-23-20(27)7-8-21-24-22(25-29-21)19-6-3-11-30-19/h2-6,11-12,16H,7-10,13-15H2,1H3,(H,23,27). The molecule has 1 unspecified atom stereocenters. The monoisotopic (exact) mass is 426 g/mol. The fourth-order valence-corrected chi connectivity index (χ4v) is 4.15. The third kappa shape index (κ3) is 5.75. The van der Waals surface area contributed by atoms with Crippen LogP contribution in [0.2, 0.25) is 0 Å². The van der Waals surface area contributed by atoms with Gasteiger partial charge in [-0.1, -0.05) is 35.5 Å². The van der Waals surface area contributed by atoms with Crippen LogP contribution in [0, 0.1) is 0 Å². The van der Waals surface area contributed by atoms with E-state index in [1.165, 1.54) is 5.56 Å². The van der Waals surface area contributed by atoms with Crippen LogP contribution in [0.25, 0.3) is 10.7 Å². The van der Waals surface area contributed by atoms with Gasteiger partial charge in [-0.05, 0) is 29.5 Å². The number of amides is 1. The fourth-order valence-electron chi connectivity index (χ4n) is 3.50. The molecule has 1 N–H and O–H groups in total. The van der Waals surface area contributed by atoms with Crippen LogP contribution in [0.4, 0.5) is 0 Å². The molecule has 158 valence electrons. The number of nitrogens with one attached hydrogen (secondary N) is 1. The zero-order valence-electron chi connectivity index (χ0n) is 17.0. The highest BCUT2D eigenvalue weighted by Gasteiger charge is 2.16. The number of carbonyl (C=O) groups excluding carboxylic acids is 1. The molecule has 0 aliphatic carbocycles. The van der Waals surface area contributed by atoms with Gasteiger partial charge < -0.3 is 14.6 Å². The van der Waals surface area contributed by atoms with Crippen LogP contribution in [0.5, 0.6) is 0 Å². The first-order valence-electron chi connectivity index (χ1n) is 10.2. The molecule has 4 rings (SSSR count). The Morgan fingerprint density at radius 1 is 1.30 bits per heavy atom. The molecular weight excluding hydrogens is 400 g/mol. The molecule has 1 aliphatic heterocycles. The first-order valence-corrected chi connectivity index (χ1v) is 11.1. The van der Waals surface area contributed by atoms with Gasteiger partial charge in [-0.15, -0.1) is 11.3 Å². The van der Waals surface area contributed by atoms with Gasteiger partial charge in [0, 0.05) is 39.0 Å². The average Bonchev–Trinajstić information content (AvgIpc) is 3.43. The molecule has 0 spiro atoms. The maximum absolute atomic E-state index is 12.2. The van der Waals surface area contributed by atoms with Crippen LogP contribution in [0.3, 0.4) is 0 Å². The summed E-state index contributed by atoms with van der Waals surface area (Å²) < 4.78 is 10.9. The molecule has 7 nitrogen and oxygen atoms in total. The second-order valence-electron chi connectivity index (χ2n) is 7.50. The highest BCUT2D eigenvalue weighted by atomic mass is 32.1. The number of ether oxygens (including phenoxy) is 1. The summed E-state index contributed by atoms with van der Waals surface area (Å²) >= 11 is 1.56. The molecule has 1 amide bonds. The lowest BCUT2D eigenvalue weighted by molar-refractivity contribution is -0.121. The van der Waals surface area contributed by atoms with E-state index in [1.807, 2.05) is 29.6 Å². The van der Waals surface area contributed by atoms with Gasteiger partial charge in [0.2, 0.25) is 17.6 Å². The molecular formula is C22H26N4O3S. The van der Waals surface area contributed by atoms with Crippen molar-refractivity contribution in [1.29, 1.82) is 0 Å². The van der Waals surface area contributed by atoms with Gasteiger partial charge in [-0.2, -0.15) is 4.98 Å². The quantitative estimate of drug-likeness (QED) is 0.596. The van der Waals surface area contributed by atoms with Crippen LogP contribution >= 0.6 is 11.3 Å². The van der Waals surface area contributed by atoms with E-state index in [0.717, 1.165) is 36.7 Å². The van der Waals surface area contributed by atoms with E-state index in [2.05, 4.69) is 39.4 Å². The fraction of sp³-hybridized carbons (Fsp3) is 0.409. The number of hydrogen-bond acceptors (Lipinski definition) is 7. The van der Waals surface area contributed by atoms with Crippen molar-refractivity contribution in [2.75, 3.05) is 19.7 Å². The van der Waals surface area contributed by atoms with Crippen molar-refractivity contribution < 1.29 is 14.1 Å². The predicted octanol–water partition coefficient (Wildman–Crippen LogP) is 3.27. The summed E-state index contributed by atoms with van der Waals surface area (Å²) in [6.45, 7) is 6.21. The SMILES string of the molecule is CC1CN(Cc2cccc(CNC(=O)CCc3nc(-c4cccs4)no3)c2)CCO1. The van der Waals surface area contributed by atoms with Crippen molar-refractivity contribution in [1.82, 2.24) is 20.4 Å². The van der Waals surface area contributed by atoms with Gasteiger partial charge in [-0.25, -0.2) is 0 Å². The molecule has 3 aromatic rings. The number of aryl methyl sites for hydroxylation is 1. The second kappa shape index (κ2) is 9.97. The number of nitrogens with zero attached hydrogens (tertiary/aromatic N) is 3. The summed E-state index contributed by atoms with van der Waals surface area (Å²) in [6, 6.07) is 12.3. The number of benzene rings is 1. The van der Waals surface area contributed by atoms with E-state index >= 15 is 0 Å². The van der Waals surface area contributed by atoms with Gasteiger partial charge in [0.05, 0.1) is 17.6 Å². The van der Waals surface area contributed by atoms with Crippen molar-refractivity contribution in [2.24, 2.45) is 0 Å². The van der Waals surface area contributed by atoms with Crippen LogP contribution in [0.15, 0.2) is 46.3 Å². The third-order valence-corrected chi connectivity index (χ3v) is 5.85. The van der Waals surface area contributed by atoms with Crippen molar-refractivity contribution >= 4 is 17.2 Å². The molecule has 1 saturated heterocycles. The molecule has 2 aromatic heterocycles. The maximum atomic E-state index is 12.2. The Bertz CT molecular complexity index is 957. The number of hydrogen-bond donors (Lipinski definition) is 1. The topological polar surface area (TPSA) is 80.5 Å². The van der Waals surface area contributed by atoms with Crippen molar-refractivity contribution in [3.05, 3.63) is 58.8 Å². The van der Waals surface area contributed by atoms with Crippen LogP contribution in [-0.4, -0.2) is 46.7 Å². The summed E-state index contributed by atoms with van der Waals surface area (Å²) in [5, 5.41) is 8.92. The Hall–Kier alpha value is -2.55. The van der Waals surface area contributed by atoms with E-state index in [9.17, 15) is 4.79 Å². The van der Waals surface area contributed by atoms with E-state index < -0.39 is 0 Å². The number of morpholine rings is 1. The zero-order valence-corrected chi connectivity index (χ0v) is 17.9. The van der Waals surface area contributed by atoms with Crippen LogP contribution < -0.4 is 5.32 Å². The molecule has 8 heteroatoms. The highest BCUT2D eigenvalue weighted by Crippen LogP contribution is 2.21. The molecule has 1 aliphatic rings. The molecule has 30 heavy (non-hydrogen) atoms. The predicted molar refractivity (Wildman–Crippen MR) is 115 cm³/mol. The lowest BCUT2D eigenvalue weighted by atomic mass is 10.1. The smallest absolute Gasteiger partial charge is 0.227 e. The third-order valence-electron chi connectivity index (χ3n) is 4.99. The Morgan fingerprint density at radius 2 is 2.20 bits per heavy atom. The molecule has 1 fully saturated rings. The molecule has 0 saturated carbocycles. The number of rotatable bonds is 8. The Balaban J connectivity index is 1.23. The van der Waals surface area contributed by atoms with Gasteiger partial charge in [0.1, 0.15) is 0 Å². The van der Waals surface area contributed by atoms with Gasteiger partial charge in [0.15, 0.2) is 0 Å². The lowest BCUT2D eigenvalue weighted by Crippen LogP contribution is -2.40. The molecule has 0 bridgehead atoms. The molecule has 3 heterocycles. The van der Waals surface area contributed by atoms with Crippen LogP contribution in [-0.2, 0) is 29.0 Å². The largest absolute Gasteiger partial charge is 0.376 e. The molecule has 1 aromatic carbocycles. The van der Waals surface area contributed by atoms with E-state index in [0.29, 0.717) is 31.1 Å². The highest BCUT2D eigenvalue weighted by molar-refractivity contribution is 7.13. The zero-order chi connectivity index (χ0) is 20.8. The summed E-state index contributed by atoms with van der Waals surface area (Å²) in [4.78, 5) is 20.0. The van der Waals surface area contributed by atoms with Crippen molar-refractivity contribution in [2.45, 2.75) is 39.0 Å². The van der Waals surface area contributed by atoms with Gasteiger partial charge in [-0.3, -0.25) is 9.69 Å². The summed E-state index contributed by atoms with van der Waals surface area (Å²) in [5.41, 5.74) is 2.35. The normalized spacial score (nSPS) is 17.2. The lowest BCUT2D eigenvalue weighted by Gasteiger charge is -2.31. The van der Waals surface area contributed by atoms with E-state index in [4.69, 9.17) is 9.26 Å². The van der Waals surface area contributed by atoms with Gasteiger partial charge >= 0.3 is 0 Å². The number of thiophene rings is 1. The summed E-state index contributed by atoms with van der Waals surface area (Å²) in [5.74, 6) is 1.03. The van der Waals surface area contributed by atoms with E-state index in [-0.39, 0.29) is 12.0 Å².